The number of fused-ring (bicyclic) bond motifs is 1. The van der Waals surface area contributed by atoms with Gasteiger partial charge in [-0.25, -0.2) is 12.6 Å². The average molecular weight is 581 g/mol. The quantitative estimate of drug-likeness (QED) is 0.408. The maximum Gasteiger partial charge on any atom is 0.260 e. The molecule has 0 bridgehead atoms. The minimum atomic E-state index is -3.64. The minimum Gasteiger partial charge on any atom is -0.483 e. The highest BCUT2D eigenvalue weighted by Gasteiger charge is 2.31. The van der Waals surface area contributed by atoms with Crippen LogP contribution in [-0.4, -0.2) is 92.7 Å². The van der Waals surface area contributed by atoms with Crippen LogP contribution in [0.25, 0.3) is 0 Å². The topological polar surface area (TPSA) is 129 Å². The van der Waals surface area contributed by atoms with E-state index in [1.54, 1.807) is 18.0 Å². The number of rotatable bonds is 10. The number of benzene rings is 2. The van der Waals surface area contributed by atoms with Crippen LogP contribution in [0.4, 0.5) is 11.4 Å². The number of β-amino-alcohol motifs (C(OH)–C–C–N with tert-alkyl or cyclic N) is 1. The number of amides is 1. The van der Waals surface area contributed by atoms with Crippen LogP contribution in [-0.2, 0) is 36.3 Å². The predicted molar refractivity (Wildman–Crippen MR) is 150 cm³/mol. The van der Waals surface area contributed by atoms with Gasteiger partial charge in [-0.1, -0.05) is 30.3 Å². The lowest BCUT2D eigenvalue weighted by molar-refractivity contribution is -0.134. The number of aliphatic hydroxyl groups is 1. The van der Waals surface area contributed by atoms with Crippen molar-refractivity contribution in [3.8, 4) is 5.75 Å². The fourth-order valence-corrected chi connectivity index (χ4v) is 6.49. The molecule has 2 aliphatic heterocycles. The maximum absolute atomic E-state index is 13.4. The van der Waals surface area contributed by atoms with Gasteiger partial charge >= 0.3 is 0 Å². The summed E-state index contributed by atoms with van der Waals surface area (Å²) in [5, 5.41) is 9.98. The van der Waals surface area contributed by atoms with E-state index in [-0.39, 0.29) is 36.9 Å². The number of thiol groups is 1. The molecule has 39 heavy (non-hydrogen) atoms. The summed E-state index contributed by atoms with van der Waals surface area (Å²) in [7, 11) is -3.01. The minimum absolute atomic E-state index is 0.228. The van der Waals surface area contributed by atoms with Crippen LogP contribution in [0.5, 0.6) is 5.75 Å². The van der Waals surface area contributed by atoms with Gasteiger partial charge in [0.2, 0.25) is 10.0 Å². The van der Waals surface area contributed by atoms with Crippen LogP contribution in [0, 0.1) is 0 Å². The Morgan fingerprint density at radius 3 is 2.62 bits per heavy atom. The molecule has 2 heterocycles. The van der Waals surface area contributed by atoms with Gasteiger partial charge in [0.15, 0.2) is 17.5 Å². The molecule has 2 unspecified atom stereocenters. The summed E-state index contributed by atoms with van der Waals surface area (Å²) in [6.45, 7) is 1.91. The molecule has 3 atom stereocenters. The summed E-state index contributed by atoms with van der Waals surface area (Å²) in [5.41, 5.74) is 2.10. The molecular weight excluding hydrogens is 544 g/mol. The summed E-state index contributed by atoms with van der Waals surface area (Å²) in [4.78, 5) is 17.2. The molecule has 0 aromatic heterocycles. The number of hydrogen-bond acceptors (Lipinski definition) is 9. The van der Waals surface area contributed by atoms with Crippen molar-refractivity contribution in [2.45, 2.75) is 31.4 Å². The third kappa shape index (κ3) is 7.09. The number of nitrogens with zero attached hydrogens (tertiary/aromatic N) is 4. The number of hydrogen-bond donors (Lipinski definition) is 2. The lowest BCUT2D eigenvalue weighted by Gasteiger charge is -2.33. The Hall–Kier alpha value is -2.71. The van der Waals surface area contributed by atoms with Gasteiger partial charge in [0.05, 0.1) is 36.9 Å². The SMILES string of the molecule is CO[SH](=O)=Nc1ccc(OCC(=O)N(C)C(CN2CC[C@H](O)C2)c2ccccc2)c2c1N(S(C)(=O)=O)CCC2. The highest BCUT2D eigenvalue weighted by molar-refractivity contribution is 7.92. The first-order valence-electron chi connectivity index (χ1n) is 12.8. The molecule has 0 saturated carbocycles. The number of carbonyl (C=O) groups excluding carboxylic acids is 1. The van der Waals surface area contributed by atoms with Crippen molar-refractivity contribution < 1.29 is 31.4 Å². The third-order valence-electron chi connectivity index (χ3n) is 7.08. The van der Waals surface area contributed by atoms with Crippen LogP contribution in [0.3, 0.4) is 0 Å². The average Bonchev–Trinajstić information content (AvgIpc) is 3.34. The van der Waals surface area contributed by atoms with E-state index in [2.05, 4.69) is 9.26 Å². The Morgan fingerprint density at radius 2 is 1.97 bits per heavy atom. The van der Waals surface area contributed by atoms with Crippen molar-refractivity contribution in [3.63, 3.8) is 0 Å². The van der Waals surface area contributed by atoms with Gasteiger partial charge < -0.3 is 14.7 Å². The normalized spacial score (nSPS) is 19.5. The molecule has 2 aromatic rings. The molecule has 1 fully saturated rings. The van der Waals surface area contributed by atoms with E-state index in [9.17, 15) is 22.5 Å². The standard InChI is InChI=1S/C26H36N4O7S2/c1-28(23(19-8-5-4-6-9-19)17-29-15-13-20(31)16-29)25(32)18-37-24-12-11-22(27-38(33)36-2)26-21(24)10-7-14-30(26)39(3,34)35/h4-6,8-9,11-12,20,23,31,38H,7,10,13-18H2,1-3H3/t20-,23?/m0/s1. The predicted octanol–water partition coefficient (Wildman–Crippen LogP) is 1.90. The molecular formula is C26H36N4O7S2. The highest BCUT2D eigenvalue weighted by atomic mass is 32.2. The van der Waals surface area contributed by atoms with E-state index < -0.39 is 20.9 Å². The number of sulfonamides is 1. The molecule has 2 aliphatic rings. The lowest BCUT2D eigenvalue weighted by Crippen LogP contribution is -2.41. The van der Waals surface area contributed by atoms with Gasteiger partial charge in [-0.15, -0.1) is 0 Å². The molecule has 2 aromatic carbocycles. The summed E-state index contributed by atoms with van der Waals surface area (Å²) >= 11 is 0. The van der Waals surface area contributed by atoms with E-state index in [4.69, 9.17) is 8.92 Å². The second-order valence-corrected chi connectivity index (χ2v) is 12.7. The van der Waals surface area contributed by atoms with Gasteiger partial charge in [0.25, 0.3) is 5.91 Å². The molecule has 214 valence electrons. The van der Waals surface area contributed by atoms with Crippen LogP contribution in [0.1, 0.15) is 30.0 Å². The molecule has 0 spiro atoms. The van der Waals surface area contributed by atoms with Crippen molar-refractivity contribution in [1.82, 2.24) is 9.80 Å². The fraction of sp³-hybridized carbons (Fsp3) is 0.500. The third-order valence-corrected chi connectivity index (χ3v) is 8.93. The first kappa shape index (κ1) is 29.3. The van der Waals surface area contributed by atoms with E-state index in [1.165, 1.54) is 17.5 Å². The van der Waals surface area contributed by atoms with Crippen LogP contribution in [0.15, 0.2) is 46.8 Å². The Kier molecular flexibility index (Phi) is 9.49. The number of likely N-dealkylation sites (N-methyl/N-ethyl adjacent to an activating group) is 1. The Bertz CT molecular complexity index is 1360. The van der Waals surface area contributed by atoms with E-state index >= 15 is 0 Å². The maximum atomic E-state index is 13.4. The first-order valence-corrected chi connectivity index (χ1v) is 15.8. The molecule has 1 saturated heterocycles. The van der Waals surface area contributed by atoms with Crippen molar-refractivity contribution in [2.75, 3.05) is 57.5 Å². The number of anilines is 1. The fourth-order valence-electron chi connectivity index (χ4n) is 5.08. The van der Waals surface area contributed by atoms with Crippen LogP contribution in [0.2, 0.25) is 0 Å². The van der Waals surface area contributed by atoms with Gasteiger partial charge in [0, 0.05) is 38.8 Å². The zero-order valence-corrected chi connectivity index (χ0v) is 24.1. The first-order chi connectivity index (χ1) is 18.6. The second-order valence-electron chi connectivity index (χ2n) is 9.79. The van der Waals surface area contributed by atoms with Crippen LogP contribution < -0.4 is 9.04 Å². The molecule has 4 rings (SSSR count). The Balaban J connectivity index is 1.58. The van der Waals surface area contributed by atoms with Gasteiger partial charge in [-0.3, -0.25) is 18.2 Å². The second kappa shape index (κ2) is 12.6. The summed E-state index contributed by atoms with van der Waals surface area (Å²) in [6, 6.07) is 12.6. The molecule has 1 amide bonds. The smallest absolute Gasteiger partial charge is 0.260 e. The highest BCUT2D eigenvalue weighted by Crippen LogP contribution is 2.43. The molecule has 0 radical (unpaired) electrons. The van der Waals surface area contributed by atoms with Crippen LogP contribution >= 0.6 is 0 Å². The molecule has 0 aliphatic carbocycles. The Labute approximate surface area is 231 Å². The largest absolute Gasteiger partial charge is 0.483 e. The molecule has 1 N–H and O–H groups in total. The zero-order valence-electron chi connectivity index (χ0n) is 22.4. The summed E-state index contributed by atoms with van der Waals surface area (Å²) in [6.07, 6.45) is 2.52. The van der Waals surface area contributed by atoms with Crippen molar-refractivity contribution in [2.24, 2.45) is 4.36 Å². The van der Waals surface area contributed by atoms with Gasteiger partial charge in [0.1, 0.15) is 5.75 Å². The van der Waals surface area contributed by atoms with Crippen molar-refractivity contribution >= 4 is 38.2 Å². The van der Waals surface area contributed by atoms with E-state index in [0.29, 0.717) is 49.4 Å². The number of ether oxygens (including phenoxy) is 1. The van der Waals surface area contributed by atoms with Crippen molar-refractivity contribution in [1.29, 1.82) is 0 Å². The number of likely N-dealkylation sites (tertiary alicyclic amines) is 1. The lowest BCUT2D eigenvalue weighted by atomic mass is 10.0. The number of aliphatic hydroxyl groups excluding tert-OH is 1. The number of carbonyl (C=O) groups is 1. The van der Waals surface area contributed by atoms with Gasteiger partial charge in [-0.05, 0) is 37.0 Å². The van der Waals surface area contributed by atoms with Gasteiger partial charge in [-0.2, -0.15) is 4.36 Å². The van der Waals surface area contributed by atoms with Crippen molar-refractivity contribution in [3.05, 3.63) is 53.6 Å². The summed E-state index contributed by atoms with van der Waals surface area (Å²) in [5.74, 6) is 0.134. The molecule has 11 nitrogen and oxygen atoms in total. The van der Waals surface area contributed by atoms with E-state index in [0.717, 1.165) is 18.4 Å². The van der Waals surface area contributed by atoms with E-state index in [1.807, 2.05) is 30.3 Å². The monoisotopic (exact) mass is 580 g/mol. The Morgan fingerprint density at radius 1 is 1.23 bits per heavy atom. The summed E-state index contributed by atoms with van der Waals surface area (Å²) < 4.78 is 53.2. The zero-order chi connectivity index (χ0) is 28.2. The molecule has 13 heteroatoms.